The lowest BCUT2D eigenvalue weighted by Crippen LogP contribution is -2.33. The average molecular weight is 380 g/mol. The molecule has 2 aliphatic heterocycles. The number of nitrogens with one attached hydrogen (secondary N) is 1. The summed E-state index contributed by atoms with van der Waals surface area (Å²) in [5.74, 6) is 0.982. The first-order chi connectivity index (χ1) is 13.6. The molecule has 6 nitrogen and oxygen atoms in total. The molecule has 146 valence electrons. The minimum absolute atomic E-state index is 0.00669. The summed E-state index contributed by atoms with van der Waals surface area (Å²) in [6.07, 6.45) is 1.09. The number of para-hydroxylation sites is 1. The molecule has 0 aliphatic carbocycles. The van der Waals surface area contributed by atoms with E-state index < -0.39 is 0 Å². The minimum atomic E-state index is -0.342. The second-order valence-electron chi connectivity index (χ2n) is 7.25. The molecule has 0 bridgehead atoms. The number of anilines is 1. The normalized spacial score (nSPS) is 17.9. The Bertz CT molecular complexity index is 925. The number of carbonyl (C=O) groups excluding carboxylic acids is 2. The fourth-order valence-corrected chi connectivity index (χ4v) is 3.88. The summed E-state index contributed by atoms with van der Waals surface area (Å²) in [6.45, 7) is 5.13. The minimum Gasteiger partial charge on any atom is -0.454 e. The van der Waals surface area contributed by atoms with E-state index in [4.69, 9.17) is 9.47 Å². The van der Waals surface area contributed by atoms with Gasteiger partial charge in [0.05, 0.1) is 5.92 Å². The Morgan fingerprint density at radius 1 is 1.21 bits per heavy atom. The Hall–Kier alpha value is -3.02. The lowest BCUT2D eigenvalue weighted by atomic mass is 10.0. The van der Waals surface area contributed by atoms with Gasteiger partial charge in [0, 0.05) is 25.2 Å². The number of aryl methyl sites for hydroxylation is 2. The van der Waals surface area contributed by atoms with Crippen molar-refractivity contribution in [3.05, 3.63) is 53.1 Å². The fraction of sp³-hybridized carbons (Fsp3) is 0.364. The molecule has 1 unspecified atom stereocenters. The summed E-state index contributed by atoms with van der Waals surface area (Å²) in [6, 6.07) is 11.7. The molecule has 2 heterocycles. The van der Waals surface area contributed by atoms with Crippen molar-refractivity contribution < 1.29 is 19.1 Å². The van der Waals surface area contributed by atoms with E-state index in [-0.39, 0.29) is 30.9 Å². The van der Waals surface area contributed by atoms with E-state index >= 15 is 0 Å². The first kappa shape index (κ1) is 18.3. The predicted octanol–water partition coefficient (Wildman–Crippen LogP) is 2.96. The Kier molecular flexibility index (Phi) is 4.94. The van der Waals surface area contributed by atoms with Gasteiger partial charge in [0.2, 0.25) is 18.6 Å². The maximum atomic E-state index is 12.7. The summed E-state index contributed by atoms with van der Waals surface area (Å²) in [4.78, 5) is 27.1. The molecule has 2 amide bonds. The van der Waals surface area contributed by atoms with Crippen molar-refractivity contribution in [2.45, 2.75) is 33.2 Å². The van der Waals surface area contributed by atoms with Crippen molar-refractivity contribution in [1.29, 1.82) is 0 Å². The van der Waals surface area contributed by atoms with E-state index in [1.54, 1.807) is 4.90 Å². The van der Waals surface area contributed by atoms with Crippen LogP contribution in [0.5, 0.6) is 11.5 Å². The maximum absolute atomic E-state index is 12.7. The van der Waals surface area contributed by atoms with Crippen LogP contribution in [-0.4, -0.2) is 25.2 Å². The number of ether oxygens (including phenoxy) is 2. The molecule has 2 aromatic rings. The van der Waals surface area contributed by atoms with Crippen molar-refractivity contribution in [3.63, 3.8) is 0 Å². The third-order valence-electron chi connectivity index (χ3n) is 5.37. The summed E-state index contributed by atoms with van der Waals surface area (Å²) in [7, 11) is 0. The number of carbonyl (C=O) groups is 2. The highest BCUT2D eigenvalue weighted by atomic mass is 16.7. The van der Waals surface area contributed by atoms with Gasteiger partial charge < -0.3 is 19.7 Å². The Labute approximate surface area is 164 Å². The zero-order valence-corrected chi connectivity index (χ0v) is 16.2. The fourth-order valence-electron chi connectivity index (χ4n) is 3.88. The summed E-state index contributed by atoms with van der Waals surface area (Å²) in [5.41, 5.74) is 4.09. The second kappa shape index (κ2) is 7.54. The molecule has 6 heteroatoms. The van der Waals surface area contributed by atoms with E-state index in [2.05, 4.69) is 12.2 Å². The van der Waals surface area contributed by atoms with Gasteiger partial charge in [-0.05, 0) is 42.2 Å². The van der Waals surface area contributed by atoms with E-state index in [1.807, 2.05) is 43.3 Å². The van der Waals surface area contributed by atoms with Gasteiger partial charge in [-0.25, -0.2) is 0 Å². The third-order valence-corrected chi connectivity index (χ3v) is 5.37. The topological polar surface area (TPSA) is 67.9 Å². The molecule has 4 rings (SSSR count). The van der Waals surface area contributed by atoms with Crippen molar-refractivity contribution >= 4 is 17.5 Å². The van der Waals surface area contributed by atoms with Gasteiger partial charge in [-0.15, -0.1) is 0 Å². The lowest BCUT2D eigenvalue weighted by molar-refractivity contribution is -0.126. The van der Waals surface area contributed by atoms with Gasteiger partial charge in [0.25, 0.3) is 0 Å². The number of fused-ring (bicyclic) bond motifs is 1. The summed E-state index contributed by atoms with van der Waals surface area (Å²) < 4.78 is 10.7. The molecule has 1 N–H and O–H groups in total. The van der Waals surface area contributed by atoms with Crippen molar-refractivity contribution in [2.75, 3.05) is 18.2 Å². The number of hydrogen-bond acceptors (Lipinski definition) is 4. The first-order valence-corrected chi connectivity index (χ1v) is 9.62. The predicted molar refractivity (Wildman–Crippen MR) is 105 cm³/mol. The van der Waals surface area contributed by atoms with Gasteiger partial charge in [0.15, 0.2) is 11.5 Å². The van der Waals surface area contributed by atoms with Gasteiger partial charge in [-0.3, -0.25) is 9.59 Å². The third kappa shape index (κ3) is 3.42. The van der Waals surface area contributed by atoms with Crippen LogP contribution in [0.25, 0.3) is 0 Å². The average Bonchev–Trinajstić information content (AvgIpc) is 3.32. The van der Waals surface area contributed by atoms with E-state index in [0.29, 0.717) is 18.8 Å². The van der Waals surface area contributed by atoms with Crippen LogP contribution in [0.4, 0.5) is 5.69 Å². The quantitative estimate of drug-likeness (QED) is 0.866. The second-order valence-corrected chi connectivity index (χ2v) is 7.25. The van der Waals surface area contributed by atoms with Gasteiger partial charge >= 0.3 is 0 Å². The Morgan fingerprint density at radius 2 is 2.04 bits per heavy atom. The van der Waals surface area contributed by atoms with Gasteiger partial charge in [-0.2, -0.15) is 0 Å². The monoisotopic (exact) mass is 380 g/mol. The number of amides is 2. The van der Waals surface area contributed by atoms with E-state index in [1.165, 1.54) is 0 Å². The smallest absolute Gasteiger partial charge is 0.231 e. The van der Waals surface area contributed by atoms with E-state index in [9.17, 15) is 9.59 Å². The zero-order chi connectivity index (χ0) is 19.7. The highest BCUT2D eigenvalue weighted by Crippen LogP contribution is 2.33. The highest BCUT2D eigenvalue weighted by molar-refractivity contribution is 6.01. The van der Waals surface area contributed by atoms with Crippen LogP contribution in [0, 0.1) is 12.8 Å². The van der Waals surface area contributed by atoms with Crippen LogP contribution in [-0.2, 0) is 22.6 Å². The molecule has 1 fully saturated rings. The first-order valence-electron chi connectivity index (χ1n) is 9.62. The molecular formula is C22H24N2O4. The molecule has 1 saturated heterocycles. The molecule has 2 aliphatic rings. The number of rotatable bonds is 5. The molecule has 2 aromatic carbocycles. The van der Waals surface area contributed by atoms with Gasteiger partial charge in [-0.1, -0.05) is 31.2 Å². The van der Waals surface area contributed by atoms with Gasteiger partial charge in [0.1, 0.15) is 0 Å². The Morgan fingerprint density at radius 3 is 2.86 bits per heavy atom. The molecule has 0 saturated carbocycles. The lowest BCUT2D eigenvalue weighted by Gasteiger charge is -2.22. The molecule has 0 aromatic heterocycles. The Balaban J connectivity index is 1.42. The number of hydrogen-bond donors (Lipinski definition) is 1. The molecule has 0 radical (unpaired) electrons. The highest BCUT2D eigenvalue weighted by Gasteiger charge is 2.36. The van der Waals surface area contributed by atoms with Crippen LogP contribution in [0.1, 0.15) is 30.0 Å². The summed E-state index contributed by atoms with van der Waals surface area (Å²) in [5, 5.41) is 2.95. The number of benzene rings is 2. The maximum Gasteiger partial charge on any atom is 0.231 e. The molecule has 1 atom stereocenters. The van der Waals surface area contributed by atoms with Crippen molar-refractivity contribution in [3.8, 4) is 11.5 Å². The van der Waals surface area contributed by atoms with Crippen molar-refractivity contribution in [1.82, 2.24) is 5.32 Å². The van der Waals surface area contributed by atoms with Crippen molar-refractivity contribution in [2.24, 2.45) is 5.92 Å². The van der Waals surface area contributed by atoms with Crippen LogP contribution in [0.2, 0.25) is 0 Å². The largest absolute Gasteiger partial charge is 0.454 e. The van der Waals surface area contributed by atoms with E-state index in [0.717, 1.165) is 34.5 Å². The van der Waals surface area contributed by atoms with Crippen LogP contribution >= 0.6 is 0 Å². The number of nitrogens with zero attached hydrogens (tertiary/aromatic N) is 1. The van der Waals surface area contributed by atoms with Crippen LogP contribution < -0.4 is 19.7 Å². The SMILES string of the molecule is CCc1cccc(C)c1N1CC(C(=O)NCc2ccc3c(c2)OCO3)CC1=O. The standard InChI is InChI=1S/C22H24N2O4/c1-3-16-6-4-5-14(2)21(16)24-12-17(10-20(24)25)22(26)23-11-15-7-8-18-19(9-15)28-13-27-18/h4-9,17H,3,10-13H2,1-2H3,(H,23,26). The van der Waals surface area contributed by atoms with Crippen LogP contribution in [0.3, 0.4) is 0 Å². The van der Waals surface area contributed by atoms with Crippen LogP contribution in [0.15, 0.2) is 36.4 Å². The zero-order valence-electron chi connectivity index (χ0n) is 16.2. The molecular weight excluding hydrogens is 356 g/mol. The summed E-state index contributed by atoms with van der Waals surface area (Å²) >= 11 is 0. The molecule has 28 heavy (non-hydrogen) atoms. The molecule has 0 spiro atoms.